The molecule has 0 unspecified atom stereocenters. The Morgan fingerprint density at radius 3 is 2.63 bits per heavy atom. The molecule has 1 aliphatic heterocycles. The molecule has 0 aliphatic carbocycles. The zero-order valence-electron chi connectivity index (χ0n) is 16.3. The number of aromatic nitrogens is 4. The summed E-state index contributed by atoms with van der Waals surface area (Å²) in [7, 11) is 1.62. The van der Waals surface area contributed by atoms with Crippen molar-refractivity contribution in [1.29, 1.82) is 0 Å². The average Bonchev–Trinajstić information content (AvgIpc) is 3.29. The van der Waals surface area contributed by atoms with Crippen LogP contribution in [0.1, 0.15) is 34.9 Å². The van der Waals surface area contributed by atoms with Crippen LogP contribution in [0, 0.1) is 10.1 Å². The summed E-state index contributed by atoms with van der Waals surface area (Å²) in [4.78, 5) is 33.8. The Balaban J connectivity index is 1.44. The number of ether oxygens (including phenoxy) is 1. The molecular weight excluding hydrogens is 388 g/mol. The molecule has 1 amide bonds. The third-order valence-electron chi connectivity index (χ3n) is 5.24. The summed E-state index contributed by atoms with van der Waals surface area (Å²) >= 11 is 0. The molecule has 3 aromatic rings. The number of amides is 1. The molecule has 10 heteroatoms. The van der Waals surface area contributed by atoms with E-state index in [2.05, 4.69) is 15.2 Å². The fourth-order valence-electron chi connectivity index (χ4n) is 3.58. The summed E-state index contributed by atoms with van der Waals surface area (Å²) in [6, 6.07) is 9.53. The molecule has 1 aromatic carbocycles. The first-order valence-corrected chi connectivity index (χ1v) is 9.51. The third-order valence-corrected chi connectivity index (χ3v) is 5.24. The number of aromatic amines is 1. The highest BCUT2D eigenvalue weighted by atomic mass is 16.6. The quantitative estimate of drug-likeness (QED) is 0.508. The molecular formula is C20H20N6O4. The van der Waals surface area contributed by atoms with Crippen LogP contribution >= 0.6 is 0 Å². The van der Waals surface area contributed by atoms with Crippen molar-refractivity contribution in [3.05, 3.63) is 64.2 Å². The van der Waals surface area contributed by atoms with E-state index in [1.165, 1.54) is 6.20 Å². The van der Waals surface area contributed by atoms with Crippen molar-refractivity contribution >= 4 is 11.7 Å². The smallest absolute Gasteiger partial charge is 0.355 e. The monoisotopic (exact) mass is 408 g/mol. The van der Waals surface area contributed by atoms with E-state index in [-0.39, 0.29) is 23.2 Å². The molecule has 2 aromatic heterocycles. The van der Waals surface area contributed by atoms with Gasteiger partial charge in [-0.25, -0.2) is 9.97 Å². The molecule has 3 heterocycles. The molecule has 1 fully saturated rings. The summed E-state index contributed by atoms with van der Waals surface area (Å²) in [6.45, 7) is 0.948. The Morgan fingerprint density at radius 2 is 1.97 bits per heavy atom. The highest BCUT2D eigenvalue weighted by Crippen LogP contribution is 2.29. The number of methoxy groups -OCH3 is 1. The second-order valence-corrected chi connectivity index (χ2v) is 6.98. The number of piperidine rings is 1. The largest absolute Gasteiger partial charge is 0.497 e. The molecule has 0 radical (unpaired) electrons. The Hall–Kier alpha value is -3.82. The van der Waals surface area contributed by atoms with Gasteiger partial charge >= 0.3 is 5.82 Å². The van der Waals surface area contributed by atoms with Gasteiger partial charge in [0.05, 0.1) is 19.0 Å². The van der Waals surface area contributed by atoms with Gasteiger partial charge in [0.1, 0.15) is 11.6 Å². The van der Waals surface area contributed by atoms with Crippen molar-refractivity contribution in [2.24, 2.45) is 0 Å². The standard InChI is InChI=1S/C20H20N6O4/c1-30-15-4-2-13(3-5-15)17-6-9-21-18(23-17)14-7-10-25(11-8-14)20(27)16-12-22-24-19(16)26(28)29/h2-6,9,12,14H,7-8,10-11H2,1H3,(H,22,24). The lowest BCUT2D eigenvalue weighted by molar-refractivity contribution is -0.389. The third kappa shape index (κ3) is 3.84. The number of carbonyl (C=O) groups excluding carboxylic acids is 1. The van der Waals surface area contributed by atoms with E-state index in [1.807, 2.05) is 30.3 Å². The van der Waals surface area contributed by atoms with Crippen LogP contribution in [0.2, 0.25) is 0 Å². The van der Waals surface area contributed by atoms with E-state index in [4.69, 9.17) is 9.72 Å². The number of rotatable bonds is 5. The van der Waals surface area contributed by atoms with Crippen molar-refractivity contribution in [2.45, 2.75) is 18.8 Å². The molecule has 30 heavy (non-hydrogen) atoms. The van der Waals surface area contributed by atoms with Crippen molar-refractivity contribution in [3.8, 4) is 17.0 Å². The number of carbonyl (C=O) groups is 1. The van der Waals surface area contributed by atoms with Gasteiger partial charge in [0.2, 0.25) is 0 Å². The van der Waals surface area contributed by atoms with Gasteiger partial charge in [-0.3, -0.25) is 4.79 Å². The predicted molar refractivity (Wildman–Crippen MR) is 107 cm³/mol. The van der Waals surface area contributed by atoms with Crippen LogP contribution in [0.4, 0.5) is 5.82 Å². The number of likely N-dealkylation sites (tertiary alicyclic amines) is 1. The van der Waals surface area contributed by atoms with Crippen LogP contribution in [0.15, 0.2) is 42.7 Å². The molecule has 1 N–H and O–H groups in total. The van der Waals surface area contributed by atoms with Gasteiger partial charge in [0, 0.05) is 30.8 Å². The highest BCUT2D eigenvalue weighted by molar-refractivity contribution is 5.97. The van der Waals surface area contributed by atoms with Crippen molar-refractivity contribution in [3.63, 3.8) is 0 Å². The number of hydrogen-bond donors (Lipinski definition) is 1. The van der Waals surface area contributed by atoms with Crippen LogP contribution in [-0.4, -0.2) is 56.1 Å². The molecule has 0 atom stereocenters. The summed E-state index contributed by atoms with van der Waals surface area (Å²) in [6.07, 6.45) is 4.31. The van der Waals surface area contributed by atoms with Crippen LogP contribution in [-0.2, 0) is 0 Å². The summed E-state index contributed by atoms with van der Waals surface area (Å²) in [5, 5.41) is 16.9. The minimum atomic E-state index is -0.633. The van der Waals surface area contributed by atoms with Gasteiger partial charge in [-0.15, -0.1) is 5.10 Å². The lowest BCUT2D eigenvalue weighted by Gasteiger charge is -2.31. The molecule has 0 saturated carbocycles. The second kappa shape index (κ2) is 8.27. The van der Waals surface area contributed by atoms with Crippen molar-refractivity contribution in [2.75, 3.05) is 20.2 Å². The van der Waals surface area contributed by atoms with Gasteiger partial charge in [0.15, 0.2) is 5.56 Å². The zero-order chi connectivity index (χ0) is 21.1. The van der Waals surface area contributed by atoms with E-state index in [1.54, 1.807) is 18.2 Å². The summed E-state index contributed by atoms with van der Waals surface area (Å²) < 4.78 is 5.19. The Labute approximate surface area is 172 Å². The summed E-state index contributed by atoms with van der Waals surface area (Å²) in [5.41, 5.74) is 1.78. The number of nitrogens with one attached hydrogen (secondary N) is 1. The molecule has 10 nitrogen and oxygen atoms in total. The Morgan fingerprint density at radius 1 is 1.23 bits per heavy atom. The fraction of sp³-hybridized carbons (Fsp3) is 0.300. The highest BCUT2D eigenvalue weighted by Gasteiger charge is 2.30. The van der Waals surface area contributed by atoms with Gasteiger partial charge in [-0.1, -0.05) is 5.10 Å². The van der Waals surface area contributed by atoms with E-state index >= 15 is 0 Å². The first-order chi connectivity index (χ1) is 14.6. The number of hydrogen-bond acceptors (Lipinski definition) is 7. The topological polar surface area (TPSA) is 127 Å². The normalized spacial score (nSPS) is 14.5. The van der Waals surface area contributed by atoms with Gasteiger partial charge in [-0.2, -0.15) is 0 Å². The van der Waals surface area contributed by atoms with E-state index < -0.39 is 4.92 Å². The van der Waals surface area contributed by atoms with Gasteiger partial charge < -0.3 is 19.8 Å². The second-order valence-electron chi connectivity index (χ2n) is 6.98. The maximum absolute atomic E-state index is 12.6. The van der Waals surface area contributed by atoms with Crippen LogP contribution < -0.4 is 4.74 Å². The molecule has 1 aliphatic rings. The SMILES string of the molecule is COc1ccc(-c2ccnc(C3CCN(C(=O)c4cn[nH]c4[N+](=O)[O-])CC3)n2)cc1. The molecule has 0 spiro atoms. The van der Waals surface area contributed by atoms with Crippen LogP contribution in [0.25, 0.3) is 11.3 Å². The number of H-pyrrole nitrogens is 1. The molecule has 1 saturated heterocycles. The Bertz CT molecular complexity index is 1060. The van der Waals surface area contributed by atoms with E-state index in [0.717, 1.165) is 22.8 Å². The van der Waals surface area contributed by atoms with Gasteiger partial charge in [0.25, 0.3) is 5.91 Å². The first kappa shape index (κ1) is 19.5. The van der Waals surface area contributed by atoms with Crippen LogP contribution in [0.5, 0.6) is 5.75 Å². The maximum Gasteiger partial charge on any atom is 0.355 e. The Kier molecular flexibility index (Phi) is 5.38. The van der Waals surface area contributed by atoms with Crippen molar-refractivity contribution in [1.82, 2.24) is 25.1 Å². The number of benzene rings is 1. The van der Waals surface area contributed by atoms with Crippen molar-refractivity contribution < 1.29 is 14.5 Å². The minimum absolute atomic E-state index is 0.0174. The predicted octanol–water partition coefficient (Wildman–Crippen LogP) is 2.80. The van der Waals surface area contributed by atoms with Crippen LogP contribution in [0.3, 0.4) is 0 Å². The summed E-state index contributed by atoms with van der Waals surface area (Å²) in [5.74, 6) is 0.874. The number of nitrogens with zero attached hydrogens (tertiary/aromatic N) is 5. The molecule has 0 bridgehead atoms. The minimum Gasteiger partial charge on any atom is -0.497 e. The molecule has 154 valence electrons. The van der Waals surface area contributed by atoms with E-state index in [0.29, 0.717) is 25.9 Å². The average molecular weight is 408 g/mol. The first-order valence-electron chi connectivity index (χ1n) is 9.51. The molecule has 4 rings (SSSR count). The number of nitro groups is 1. The van der Waals surface area contributed by atoms with Gasteiger partial charge in [-0.05, 0) is 48.1 Å². The van der Waals surface area contributed by atoms with E-state index in [9.17, 15) is 14.9 Å². The lowest BCUT2D eigenvalue weighted by Crippen LogP contribution is -2.38. The zero-order valence-corrected chi connectivity index (χ0v) is 16.3. The lowest BCUT2D eigenvalue weighted by atomic mass is 9.95. The maximum atomic E-state index is 12.6. The fourth-order valence-corrected chi connectivity index (χ4v) is 3.58.